The number of rotatable bonds is 11. The second kappa shape index (κ2) is 12.7. The van der Waals surface area contributed by atoms with E-state index in [0.29, 0.717) is 16.6 Å². The van der Waals surface area contributed by atoms with Gasteiger partial charge < -0.3 is 20.8 Å². The summed E-state index contributed by atoms with van der Waals surface area (Å²) in [5.41, 5.74) is 2.46. The maximum absolute atomic E-state index is 13.2. The number of carbonyl (C=O) groups excluding carboxylic acids is 2. The maximum atomic E-state index is 13.2. The highest BCUT2D eigenvalue weighted by Crippen LogP contribution is 2.40. The van der Waals surface area contributed by atoms with Gasteiger partial charge in [0.25, 0.3) is 5.91 Å². The Morgan fingerprint density at radius 2 is 1.61 bits per heavy atom. The lowest BCUT2D eigenvalue weighted by atomic mass is 9.77. The van der Waals surface area contributed by atoms with Crippen molar-refractivity contribution in [1.82, 2.24) is 15.6 Å². The lowest BCUT2D eigenvalue weighted by Gasteiger charge is -2.36. The van der Waals surface area contributed by atoms with E-state index in [1.165, 1.54) is 18.4 Å². The van der Waals surface area contributed by atoms with Crippen molar-refractivity contribution in [2.75, 3.05) is 18.2 Å². The molecule has 5 rings (SSSR count). The number of nitriles is 1. The number of thioether (sulfide) groups is 1. The molecule has 3 aromatic carbocycles. The summed E-state index contributed by atoms with van der Waals surface area (Å²) in [7, 11) is 1.34. The third-order valence-electron chi connectivity index (χ3n) is 6.69. The van der Waals surface area contributed by atoms with Gasteiger partial charge in [-0.15, -0.1) is 11.3 Å². The molecule has 0 radical (unpaired) electrons. The fraction of sp³-hybridized carbons (Fsp3) is 0.167. The molecular formula is C30H26N6O3S2. The third-order valence-corrected chi connectivity index (χ3v) is 8.10. The van der Waals surface area contributed by atoms with E-state index in [0.717, 1.165) is 28.5 Å². The zero-order valence-electron chi connectivity index (χ0n) is 22.0. The van der Waals surface area contributed by atoms with Crippen molar-refractivity contribution in [1.29, 1.82) is 5.26 Å². The summed E-state index contributed by atoms with van der Waals surface area (Å²) >= 11 is 2.33. The van der Waals surface area contributed by atoms with Gasteiger partial charge in [-0.2, -0.15) is 5.26 Å². The molecular weight excluding hydrogens is 557 g/mol. The van der Waals surface area contributed by atoms with E-state index in [2.05, 4.69) is 57.5 Å². The van der Waals surface area contributed by atoms with Crippen LogP contribution in [0.4, 0.5) is 5.13 Å². The number of nitrogens with zero attached hydrogens (tertiary/aromatic N) is 3. The standard InChI is InChI=1S/C30H26N6O3S2/c1-39-36-26(28(38)34-25-23(17-40-19-31)32-27(25)37)24-18-41-29(33-24)35-30(20-11-5-2-6-12-20,21-13-7-3-8-14-21)22-15-9-4-10-16-22/h2-16,18,23,25H,17H2,1H3,(H,32,37)(H,33,35)(H,34,38). The first-order chi connectivity index (χ1) is 20.1. The highest BCUT2D eigenvalue weighted by molar-refractivity contribution is 8.03. The summed E-state index contributed by atoms with van der Waals surface area (Å²) < 4.78 is 0. The normalized spacial score (nSPS) is 16.6. The molecule has 3 N–H and O–H groups in total. The molecule has 2 unspecified atom stereocenters. The molecule has 1 saturated heterocycles. The molecule has 11 heteroatoms. The molecule has 4 aromatic rings. The molecule has 206 valence electrons. The van der Waals surface area contributed by atoms with Crippen molar-refractivity contribution in [3.8, 4) is 5.40 Å². The monoisotopic (exact) mass is 582 g/mol. The van der Waals surface area contributed by atoms with Gasteiger partial charge in [-0.3, -0.25) is 9.59 Å². The number of carbonyl (C=O) groups is 2. The van der Waals surface area contributed by atoms with Crippen LogP contribution in [0.1, 0.15) is 22.4 Å². The van der Waals surface area contributed by atoms with E-state index in [1.54, 1.807) is 5.38 Å². The summed E-state index contributed by atoms with van der Waals surface area (Å²) in [6.45, 7) is 0. The Morgan fingerprint density at radius 3 is 2.10 bits per heavy atom. The fourth-order valence-corrected chi connectivity index (χ4v) is 6.04. The van der Waals surface area contributed by atoms with Crippen LogP contribution < -0.4 is 16.0 Å². The van der Waals surface area contributed by atoms with Gasteiger partial charge in [0.1, 0.15) is 29.8 Å². The van der Waals surface area contributed by atoms with Crippen LogP contribution in [0.2, 0.25) is 0 Å². The second-order valence-corrected chi connectivity index (χ2v) is 10.8. The number of thiazole rings is 1. The lowest BCUT2D eigenvalue weighted by molar-refractivity contribution is -0.134. The van der Waals surface area contributed by atoms with E-state index < -0.39 is 17.5 Å². The van der Waals surface area contributed by atoms with Crippen LogP contribution in [0.15, 0.2) is 102 Å². The minimum absolute atomic E-state index is 0.0621. The van der Waals surface area contributed by atoms with Gasteiger partial charge in [0.2, 0.25) is 5.91 Å². The number of benzene rings is 3. The molecule has 2 amide bonds. The number of amides is 2. The SMILES string of the molecule is CON=C(C(=O)NC1C(=O)NC1CSC#N)c1csc(NC(c2ccccc2)(c2ccccc2)c2ccccc2)n1. The largest absolute Gasteiger partial charge is 0.398 e. The first-order valence-corrected chi connectivity index (χ1v) is 14.6. The van der Waals surface area contributed by atoms with E-state index in [9.17, 15) is 9.59 Å². The highest BCUT2D eigenvalue weighted by Gasteiger charge is 2.41. The summed E-state index contributed by atoms with van der Waals surface area (Å²) in [6.07, 6.45) is 0. The molecule has 1 aliphatic rings. The quantitative estimate of drug-likeness (QED) is 0.0799. The molecule has 1 aromatic heterocycles. The first-order valence-electron chi connectivity index (χ1n) is 12.7. The maximum Gasteiger partial charge on any atom is 0.276 e. The van der Waals surface area contributed by atoms with Crippen molar-refractivity contribution >= 4 is 45.8 Å². The van der Waals surface area contributed by atoms with Crippen LogP contribution in [0, 0.1) is 10.7 Å². The molecule has 0 bridgehead atoms. The van der Waals surface area contributed by atoms with Crippen molar-refractivity contribution in [2.45, 2.75) is 17.6 Å². The molecule has 2 atom stereocenters. The number of nitrogens with one attached hydrogen (secondary N) is 3. The van der Waals surface area contributed by atoms with E-state index >= 15 is 0 Å². The van der Waals surface area contributed by atoms with E-state index in [-0.39, 0.29) is 17.7 Å². The van der Waals surface area contributed by atoms with Gasteiger partial charge in [-0.1, -0.05) is 96.2 Å². The minimum Gasteiger partial charge on any atom is -0.398 e. The van der Waals surface area contributed by atoms with Crippen LogP contribution in [0.3, 0.4) is 0 Å². The van der Waals surface area contributed by atoms with Crippen molar-refractivity contribution < 1.29 is 14.4 Å². The predicted molar refractivity (Wildman–Crippen MR) is 160 cm³/mol. The predicted octanol–water partition coefficient (Wildman–Crippen LogP) is 4.10. The van der Waals surface area contributed by atoms with Gasteiger partial charge in [0, 0.05) is 11.1 Å². The number of β-lactam (4-membered cyclic amide) rings is 1. The Hall–Kier alpha value is -4.66. The summed E-state index contributed by atoms with van der Waals surface area (Å²) in [5, 5.41) is 26.1. The van der Waals surface area contributed by atoms with Gasteiger partial charge in [0.15, 0.2) is 10.8 Å². The Labute approximate surface area is 245 Å². The van der Waals surface area contributed by atoms with Crippen LogP contribution in [-0.4, -0.2) is 47.5 Å². The summed E-state index contributed by atoms with van der Waals surface area (Å²) in [4.78, 5) is 35.1. The van der Waals surface area contributed by atoms with Gasteiger partial charge >= 0.3 is 0 Å². The van der Waals surface area contributed by atoms with Crippen LogP contribution in [-0.2, 0) is 20.0 Å². The third kappa shape index (κ3) is 5.79. The van der Waals surface area contributed by atoms with Crippen LogP contribution >= 0.6 is 23.1 Å². The molecule has 9 nitrogen and oxygen atoms in total. The van der Waals surface area contributed by atoms with Crippen LogP contribution in [0.5, 0.6) is 0 Å². The van der Waals surface area contributed by atoms with E-state index in [1.807, 2.05) is 60.0 Å². The zero-order chi connectivity index (χ0) is 28.7. The van der Waals surface area contributed by atoms with Gasteiger partial charge in [-0.25, -0.2) is 4.98 Å². The molecule has 2 heterocycles. The van der Waals surface area contributed by atoms with Gasteiger partial charge in [0.05, 0.1) is 6.04 Å². The van der Waals surface area contributed by atoms with E-state index in [4.69, 9.17) is 15.1 Å². The zero-order valence-corrected chi connectivity index (χ0v) is 23.6. The lowest BCUT2D eigenvalue weighted by Crippen LogP contribution is -2.70. The number of hydrogen-bond donors (Lipinski definition) is 3. The Morgan fingerprint density at radius 1 is 1.05 bits per heavy atom. The number of aromatic nitrogens is 1. The smallest absolute Gasteiger partial charge is 0.276 e. The second-order valence-electron chi connectivity index (χ2n) is 9.10. The number of hydrogen-bond acceptors (Lipinski definition) is 9. The summed E-state index contributed by atoms with van der Waals surface area (Å²) in [5.74, 6) is -0.566. The average Bonchev–Trinajstić information content (AvgIpc) is 3.48. The Kier molecular flexibility index (Phi) is 8.62. The number of thiocyanates is 1. The topological polar surface area (TPSA) is 128 Å². The van der Waals surface area contributed by atoms with Crippen LogP contribution in [0.25, 0.3) is 0 Å². The first kappa shape index (κ1) is 27.9. The molecule has 0 spiro atoms. The van der Waals surface area contributed by atoms with Gasteiger partial charge in [-0.05, 0) is 28.5 Å². The molecule has 0 saturated carbocycles. The fourth-order valence-electron chi connectivity index (χ4n) is 4.76. The minimum atomic E-state index is -0.796. The molecule has 1 aliphatic heterocycles. The Bertz CT molecular complexity index is 1480. The molecule has 1 fully saturated rings. The van der Waals surface area contributed by atoms with Crippen molar-refractivity contribution in [3.05, 3.63) is 119 Å². The van der Waals surface area contributed by atoms with Crippen molar-refractivity contribution in [3.63, 3.8) is 0 Å². The number of oxime groups is 1. The molecule has 0 aliphatic carbocycles. The average molecular weight is 583 g/mol. The van der Waals surface area contributed by atoms with Crippen molar-refractivity contribution in [2.24, 2.45) is 5.16 Å². The summed E-state index contributed by atoms with van der Waals surface area (Å²) in [6, 6.07) is 29.2. The Balaban J connectivity index is 1.49. The number of anilines is 1. The molecule has 41 heavy (non-hydrogen) atoms. The highest BCUT2D eigenvalue weighted by atomic mass is 32.2.